The second-order valence-electron chi connectivity index (χ2n) is 29.5. The SMILES string of the molecule is CC(=O)N[C@@H]1[C@@H](O[C@@H]2O[C@@H](C)[C@@H](O)[C@@H](O)[C@@H]2O)[C@H](O[C@@H]2O[C@H](CO)[C@@H](O[C@@H]3O[C@H](CO[C@H]4O[C@H](CO)[C@@H](O)[C@H](O)[C@@H]4O)[C@@H](O[C@@H]4O[C@H](CO)[C@H](O)[C@H](O)[C@H]4O[C@@H]4O[C@@H](C)[C@@H](O)[C@@H](O)[C@@H]4O)[C@H](O[C@H]4O[C@H](CO)[C@@H](O)[C@H](O)[C@@H]4O)[C@@H]3O)[C@H](O)[C@H]2NC(C)=O)[C@@H](CO[C@@H]2O[C@@H](C)[C@@H](O[C@@H]3O[C@H](CO)[C@H](O)[C@H](O)[C@H]3O)[C@@H](O)[C@@H]2O)O[C@H]1O. The lowest BCUT2D eigenvalue weighted by Gasteiger charge is -2.52. The van der Waals surface area contributed by atoms with Crippen LogP contribution in [0.15, 0.2) is 0 Å². The molecule has 0 aromatic rings. The van der Waals surface area contributed by atoms with Gasteiger partial charge in [-0.2, -0.15) is 0 Å². The summed E-state index contributed by atoms with van der Waals surface area (Å²) in [6, 6.07) is -4.01. The van der Waals surface area contributed by atoms with Gasteiger partial charge in [0.2, 0.25) is 11.8 Å². The van der Waals surface area contributed by atoms with Crippen LogP contribution in [0.1, 0.15) is 34.6 Å². The minimum absolute atomic E-state index is 0.875. The summed E-state index contributed by atoms with van der Waals surface area (Å²) in [5, 5.41) is 304. The summed E-state index contributed by atoms with van der Waals surface area (Å²) in [6.07, 6.45) is -98.1. The van der Waals surface area contributed by atoms with Crippen LogP contribution in [0.2, 0.25) is 0 Å². The normalized spacial score (nSPS) is 52.5. The topological polar surface area (TPSA) is 780 Å². The average molecular weight is 1670 g/mol. The van der Waals surface area contributed by atoms with Crippen molar-refractivity contribution in [2.24, 2.45) is 0 Å². The van der Waals surface area contributed by atoms with Gasteiger partial charge in [0, 0.05) is 13.8 Å². The van der Waals surface area contributed by atoms with Crippen LogP contribution in [-0.2, 0) is 99.6 Å². The number of hydrogen-bond donors (Lipinski definition) is 29. The number of carbonyl (C=O) groups excluding carboxylic acids is 2. The molecule has 0 saturated carbocycles. The Morgan fingerprint density at radius 1 is 0.246 bits per heavy atom. The van der Waals surface area contributed by atoms with Crippen molar-refractivity contribution >= 4 is 11.8 Å². The van der Waals surface area contributed by atoms with E-state index in [9.17, 15) is 147 Å². The maximum absolute atomic E-state index is 13.5. The molecule has 50 heteroatoms. The molecular formula is C64H108N2O48. The minimum Gasteiger partial charge on any atom is -0.394 e. The summed E-state index contributed by atoms with van der Waals surface area (Å²) in [5.74, 6) is -1.95. The van der Waals surface area contributed by atoms with Gasteiger partial charge in [0.05, 0.1) is 64.6 Å². The highest BCUT2D eigenvalue weighted by atomic mass is 16.8. The van der Waals surface area contributed by atoms with Crippen LogP contribution in [0, 0.1) is 0 Å². The number of aliphatic hydroxyl groups is 27. The highest BCUT2D eigenvalue weighted by Gasteiger charge is 2.62. The van der Waals surface area contributed by atoms with E-state index in [-0.39, 0.29) is 0 Å². The van der Waals surface area contributed by atoms with Gasteiger partial charge >= 0.3 is 0 Å². The predicted molar refractivity (Wildman–Crippen MR) is 349 cm³/mol. The second-order valence-corrected chi connectivity index (χ2v) is 29.5. The molecule has 0 aromatic heterocycles. The lowest BCUT2D eigenvalue weighted by Crippen LogP contribution is -2.71. The molecule has 114 heavy (non-hydrogen) atoms. The molecule has 10 saturated heterocycles. The summed E-state index contributed by atoms with van der Waals surface area (Å²) in [5.41, 5.74) is 0. The zero-order chi connectivity index (χ0) is 83.8. The van der Waals surface area contributed by atoms with Crippen molar-refractivity contribution in [2.75, 3.05) is 46.2 Å². The van der Waals surface area contributed by atoms with E-state index in [1.807, 2.05) is 0 Å². The Labute approximate surface area is 646 Å². The molecule has 0 bridgehead atoms. The molecule has 10 fully saturated rings. The molecule has 2 amide bonds. The van der Waals surface area contributed by atoms with Crippen molar-refractivity contribution in [3.05, 3.63) is 0 Å². The molecule has 662 valence electrons. The number of rotatable bonds is 27. The Hall–Kier alpha value is -2.90. The summed E-state index contributed by atoms with van der Waals surface area (Å²) in [6.45, 7) is -2.00. The van der Waals surface area contributed by atoms with Gasteiger partial charge in [0.25, 0.3) is 0 Å². The van der Waals surface area contributed by atoms with E-state index >= 15 is 0 Å². The van der Waals surface area contributed by atoms with Crippen LogP contribution >= 0.6 is 0 Å². The van der Waals surface area contributed by atoms with Crippen LogP contribution in [0.3, 0.4) is 0 Å². The summed E-state index contributed by atoms with van der Waals surface area (Å²) < 4.78 is 114. The predicted octanol–water partition coefficient (Wildman–Crippen LogP) is -19.4. The fraction of sp³-hybridized carbons (Fsp3) is 0.969. The lowest BCUT2D eigenvalue weighted by atomic mass is 9.93. The third-order valence-electron chi connectivity index (χ3n) is 21.5. The number of ether oxygens (including phenoxy) is 19. The molecule has 10 aliphatic rings. The van der Waals surface area contributed by atoms with E-state index in [0.717, 1.165) is 13.8 Å². The van der Waals surface area contributed by atoms with Crippen molar-refractivity contribution < 1.29 is 237 Å². The van der Waals surface area contributed by atoms with Crippen LogP contribution < -0.4 is 10.6 Å². The molecule has 0 aromatic carbocycles. The van der Waals surface area contributed by atoms with Gasteiger partial charge < -0.3 is 239 Å². The summed E-state index contributed by atoms with van der Waals surface area (Å²) in [4.78, 5) is 26.6. The molecule has 10 rings (SSSR count). The quantitative estimate of drug-likeness (QED) is 0.0363. The lowest BCUT2D eigenvalue weighted by molar-refractivity contribution is -0.411. The summed E-state index contributed by atoms with van der Waals surface area (Å²) >= 11 is 0. The fourth-order valence-corrected chi connectivity index (χ4v) is 14.9. The van der Waals surface area contributed by atoms with Gasteiger partial charge in [0.1, 0.15) is 226 Å². The van der Waals surface area contributed by atoms with Gasteiger partial charge in [-0.15, -0.1) is 0 Å². The molecule has 10 heterocycles. The van der Waals surface area contributed by atoms with Crippen molar-refractivity contribution in [1.29, 1.82) is 0 Å². The van der Waals surface area contributed by atoms with Crippen LogP contribution in [-0.4, -0.2) is 503 Å². The number of hydrogen-bond acceptors (Lipinski definition) is 48. The summed E-state index contributed by atoms with van der Waals surface area (Å²) in [7, 11) is 0. The van der Waals surface area contributed by atoms with Crippen LogP contribution in [0.4, 0.5) is 0 Å². The smallest absolute Gasteiger partial charge is 0.217 e. The monoisotopic (exact) mass is 1670 g/mol. The maximum Gasteiger partial charge on any atom is 0.217 e. The van der Waals surface area contributed by atoms with Crippen molar-refractivity contribution in [3.63, 3.8) is 0 Å². The molecular weight excluding hydrogens is 1560 g/mol. The minimum atomic E-state index is -2.62. The van der Waals surface area contributed by atoms with E-state index in [2.05, 4.69) is 10.6 Å². The second kappa shape index (κ2) is 40.0. The standard InChI is InChI=1S/C64H108N2O48/c1-13-27(74)34(81)42(89)59(98-13)112-52-26(66-17(5)73)55(95)101-23(11-96-57-46(93)40(87)48(15(3)100-57)108-61-44(91)37(84)30(77)19(7-68)103-61)50(52)110-56-25(65-16(4)72)33(80)49(22(10-71)106-56)109-63-47(94)53(113-62-45(92)38(85)31(78)20(8-69)104-62)51(24(107-63)12-97-58-41(88)36(83)29(76)18(6-67)102-58)111-64-54(39(86)32(79)21(9-70)105-64)114-60-43(90)35(82)28(75)14(2)99-60/h13-15,18-64,67-71,74-95H,6-12H2,1-5H3,(H,65,72)(H,66,73)/t13-,14-,15-,18+,19+,20+,21+,22+,23+,24+,25+,26+,27+,28+,29+,30-,31+,32-,33+,34+,35+,36-,37-,38-,39-,40-,41-,42-,43-,44+,45-,46-,47-,48+,49+,50+,51+,52+,53+,54+,55+,56-,57+,58-,59-,60-,61-,62+,63-,64-/m0/s1. The zero-order valence-electron chi connectivity index (χ0n) is 61.5. The Morgan fingerprint density at radius 2 is 0.544 bits per heavy atom. The van der Waals surface area contributed by atoms with E-state index in [1.54, 1.807) is 0 Å². The first-order valence-corrected chi connectivity index (χ1v) is 36.7. The van der Waals surface area contributed by atoms with Gasteiger partial charge in [-0.1, -0.05) is 0 Å². The Morgan fingerprint density at radius 3 is 1.02 bits per heavy atom. The molecule has 0 spiro atoms. The molecule has 50 atom stereocenters. The van der Waals surface area contributed by atoms with E-state index in [0.29, 0.717) is 0 Å². The van der Waals surface area contributed by atoms with E-state index in [1.165, 1.54) is 20.8 Å². The highest BCUT2D eigenvalue weighted by molar-refractivity contribution is 5.73. The van der Waals surface area contributed by atoms with Gasteiger partial charge in [-0.25, -0.2) is 0 Å². The Balaban J connectivity index is 1.00. The first-order chi connectivity index (χ1) is 53.8. The van der Waals surface area contributed by atoms with Crippen LogP contribution in [0.25, 0.3) is 0 Å². The third-order valence-corrected chi connectivity index (χ3v) is 21.5. The molecule has 0 unspecified atom stereocenters. The number of carbonyl (C=O) groups is 2. The Kier molecular flexibility index (Phi) is 32.7. The fourth-order valence-electron chi connectivity index (χ4n) is 14.9. The number of aliphatic hydroxyl groups excluding tert-OH is 27. The highest BCUT2D eigenvalue weighted by Crippen LogP contribution is 2.41. The molecule has 29 N–H and O–H groups in total. The van der Waals surface area contributed by atoms with Crippen molar-refractivity contribution in [1.82, 2.24) is 10.6 Å². The largest absolute Gasteiger partial charge is 0.394 e. The third kappa shape index (κ3) is 19.9. The van der Waals surface area contributed by atoms with Gasteiger partial charge in [-0.05, 0) is 20.8 Å². The number of amides is 2. The average Bonchev–Trinajstić information content (AvgIpc) is 0.761. The van der Waals surface area contributed by atoms with Crippen LogP contribution in [0.5, 0.6) is 0 Å². The molecule has 10 aliphatic heterocycles. The molecule has 50 nitrogen and oxygen atoms in total. The molecule has 0 aliphatic carbocycles. The first-order valence-electron chi connectivity index (χ1n) is 36.7. The van der Waals surface area contributed by atoms with E-state index in [4.69, 9.17) is 90.0 Å². The molecule has 0 radical (unpaired) electrons. The number of nitrogens with one attached hydrogen (secondary N) is 2. The van der Waals surface area contributed by atoms with E-state index < -0.39 is 365 Å². The maximum atomic E-state index is 13.5. The van der Waals surface area contributed by atoms with Crippen molar-refractivity contribution in [2.45, 2.75) is 342 Å². The Bertz CT molecular complexity index is 2990. The van der Waals surface area contributed by atoms with Gasteiger partial charge in [0.15, 0.2) is 62.9 Å². The zero-order valence-corrected chi connectivity index (χ0v) is 61.5. The van der Waals surface area contributed by atoms with Crippen molar-refractivity contribution in [3.8, 4) is 0 Å². The first kappa shape index (κ1) is 93.4. The van der Waals surface area contributed by atoms with Gasteiger partial charge in [-0.3, -0.25) is 9.59 Å².